The van der Waals surface area contributed by atoms with Gasteiger partial charge in [0.05, 0.1) is 6.07 Å². The largest absolute Gasteiger partial charge is 0.385 e. The average molecular weight is 246 g/mol. The molecule has 2 N–H and O–H groups in total. The Balaban J connectivity index is 2.31. The summed E-state index contributed by atoms with van der Waals surface area (Å²) in [6, 6.07) is 6.71. The van der Waals surface area contributed by atoms with Crippen LogP contribution in [0, 0.1) is 11.3 Å². The Morgan fingerprint density at radius 2 is 2.22 bits per heavy atom. The van der Waals surface area contributed by atoms with E-state index in [1.807, 2.05) is 0 Å². The molecule has 1 aromatic carbocycles. The summed E-state index contributed by atoms with van der Waals surface area (Å²) in [7, 11) is 0. The number of anilines is 1. The number of hydrogen-bond acceptors (Lipinski definition) is 4. The van der Waals surface area contributed by atoms with Gasteiger partial charge in [-0.1, -0.05) is 12.1 Å². The normalized spacial score (nSPS) is 16.9. The molecule has 1 aromatic rings. The van der Waals surface area contributed by atoms with Crippen molar-refractivity contribution in [2.45, 2.75) is 25.6 Å². The van der Waals surface area contributed by atoms with Gasteiger partial charge in [0.2, 0.25) is 5.91 Å². The monoisotopic (exact) mass is 246 g/mol. The molecular weight excluding hydrogens is 232 g/mol. The summed E-state index contributed by atoms with van der Waals surface area (Å²) in [6.07, 6.45) is -1.93. The van der Waals surface area contributed by atoms with E-state index in [9.17, 15) is 15.0 Å². The van der Waals surface area contributed by atoms with Crippen molar-refractivity contribution in [2.75, 3.05) is 11.4 Å². The first-order valence-electron chi connectivity index (χ1n) is 5.71. The molecule has 1 amide bonds. The van der Waals surface area contributed by atoms with Gasteiger partial charge in [0.15, 0.2) is 6.10 Å². The molecule has 5 heteroatoms. The predicted molar refractivity (Wildman–Crippen MR) is 64.8 cm³/mol. The quantitative estimate of drug-likeness (QED) is 0.745. The van der Waals surface area contributed by atoms with E-state index in [4.69, 9.17) is 5.26 Å². The highest BCUT2D eigenvalue weighted by Crippen LogP contribution is 2.31. The molecule has 1 heterocycles. The van der Waals surface area contributed by atoms with Gasteiger partial charge in [-0.2, -0.15) is 5.26 Å². The summed E-state index contributed by atoms with van der Waals surface area (Å²) in [6.45, 7) is 2.14. The summed E-state index contributed by atoms with van der Waals surface area (Å²) in [4.78, 5) is 13.0. The zero-order valence-electron chi connectivity index (χ0n) is 10.00. The van der Waals surface area contributed by atoms with E-state index in [1.54, 1.807) is 29.2 Å². The Hall–Kier alpha value is -1.90. The minimum absolute atomic E-state index is 0.0147. The van der Waals surface area contributed by atoms with Gasteiger partial charge in [-0.05, 0) is 23.6 Å². The van der Waals surface area contributed by atoms with Crippen LogP contribution in [0.4, 0.5) is 5.69 Å². The van der Waals surface area contributed by atoms with E-state index < -0.39 is 12.2 Å². The van der Waals surface area contributed by atoms with Crippen LogP contribution in [0.2, 0.25) is 0 Å². The van der Waals surface area contributed by atoms with Gasteiger partial charge in [0.25, 0.3) is 0 Å². The maximum atomic E-state index is 11.4. The molecule has 2 rings (SSSR count). The van der Waals surface area contributed by atoms with Crippen molar-refractivity contribution < 1.29 is 15.0 Å². The average Bonchev–Trinajstić information content (AvgIpc) is 2.79. The third-order valence-electron chi connectivity index (χ3n) is 3.15. The van der Waals surface area contributed by atoms with Crippen LogP contribution in [0.1, 0.15) is 24.2 Å². The predicted octanol–water partition coefficient (Wildman–Crippen LogP) is 0.513. The molecule has 0 spiro atoms. The Bertz CT molecular complexity index is 521. The standard InChI is InChI=1S/C13H14N2O3/c1-8(16)15-5-4-9-6-10(2-3-11(9)15)13(18)12(17)7-14/h2-3,6,12-13,17-18H,4-5H2,1H3. The van der Waals surface area contributed by atoms with Crippen LogP contribution in [0.25, 0.3) is 0 Å². The van der Waals surface area contributed by atoms with Gasteiger partial charge < -0.3 is 15.1 Å². The summed E-state index contributed by atoms with van der Waals surface area (Å²) in [5.41, 5.74) is 2.28. The molecule has 1 aliphatic rings. The summed E-state index contributed by atoms with van der Waals surface area (Å²) >= 11 is 0. The number of carbonyl (C=O) groups is 1. The van der Waals surface area contributed by atoms with Crippen LogP contribution >= 0.6 is 0 Å². The number of nitrogens with zero attached hydrogens (tertiary/aromatic N) is 2. The molecule has 0 radical (unpaired) electrons. The molecule has 5 nitrogen and oxygen atoms in total. The smallest absolute Gasteiger partial charge is 0.223 e. The van der Waals surface area contributed by atoms with Crippen LogP contribution < -0.4 is 4.90 Å². The summed E-state index contributed by atoms with van der Waals surface area (Å²) in [5, 5.41) is 27.6. The lowest BCUT2D eigenvalue weighted by molar-refractivity contribution is -0.116. The highest BCUT2D eigenvalue weighted by atomic mass is 16.3. The van der Waals surface area contributed by atoms with E-state index in [0.717, 1.165) is 17.7 Å². The minimum Gasteiger partial charge on any atom is -0.385 e. The van der Waals surface area contributed by atoms with Crippen LogP contribution in [-0.4, -0.2) is 28.8 Å². The van der Waals surface area contributed by atoms with E-state index in [0.29, 0.717) is 12.1 Å². The number of amides is 1. The first-order chi connectivity index (χ1) is 8.54. The van der Waals surface area contributed by atoms with Crippen molar-refractivity contribution in [3.05, 3.63) is 29.3 Å². The molecule has 0 saturated carbocycles. The molecule has 0 aromatic heterocycles. The lowest BCUT2D eigenvalue weighted by atomic mass is 10.0. The molecule has 1 aliphatic heterocycles. The number of aliphatic hydroxyl groups is 2. The van der Waals surface area contributed by atoms with Crippen LogP contribution in [-0.2, 0) is 11.2 Å². The zero-order chi connectivity index (χ0) is 13.3. The van der Waals surface area contributed by atoms with Crippen LogP contribution in [0.5, 0.6) is 0 Å². The van der Waals surface area contributed by atoms with Gasteiger partial charge >= 0.3 is 0 Å². The summed E-state index contributed by atoms with van der Waals surface area (Å²) < 4.78 is 0. The number of aliphatic hydroxyl groups excluding tert-OH is 2. The Labute approximate surface area is 105 Å². The zero-order valence-corrected chi connectivity index (χ0v) is 10.00. The number of nitriles is 1. The van der Waals surface area contributed by atoms with Crippen molar-refractivity contribution in [3.8, 4) is 6.07 Å². The van der Waals surface area contributed by atoms with Crippen molar-refractivity contribution in [3.63, 3.8) is 0 Å². The maximum Gasteiger partial charge on any atom is 0.223 e. The van der Waals surface area contributed by atoms with Crippen molar-refractivity contribution in [1.82, 2.24) is 0 Å². The van der Waals surface area contributed by atoms with Crippen LogP contribution in [0.15, 0.2) is 18.2 Å². The molecule has 0 saturated heterocycles. The highest BCUT2D eigenvalue weighted by molar-refractivity contribution is 5.93. The van der Waals surface area contributed by atoms with Crippen molar-refractivity contribution in [1.29, 1.82) is 5.26 Å². The van der Waals surface area contributed by atoms with Gasteiger partial charge in [-0.15, -0.1) is 0 Å². The fourth-order valence-corrected chi connectivity index (χ4v) is 2.19. The first-order valence-corrected chi connectivity index (χ1v) is 5.71. The molecule has 2 unspecified atom stereocenters. The molecule has 0 bridgehead atoms. The summed E-state index contributed by atoms with van der Waals surface area (Å²) in [5.74, 6) is -0.0147. The first kappa shape index (κ1) is 12.6. The number of fused-ring (bicyclic) bond motifs is 1. The Kier molecular flexibility index (Phi) is 3.32. The molecule has 0 aliphatic carbocycles. The number of rotatable bonds is 2. The Morgan fingerprint density at radius 1 is 1.50 bits per heavy atom. The molecule has 0 fully saturated rings. The van der Waals surface area contributed by atoms with Crippen LogP contribution in [0.3, 0.4) is 0 Å². The molecule has 94 valence electrons. The number of carbonyl (C=O) groups excluding carboxylic acids is 1. The SMILES string of the molecule is CC(=O)N1CCc2cc(C(O)C(O)C#N)ccc21. The van der Waals surface area contributed by atoms with E-state index >= 15 is 0 Å². The van der Waals surface area contributed by atoms with Gasteiger partial charge in [-0.25, -0.2) is 0 Å². The fraction of sp³-hybridized carbons (Fsp3) is 0.385. The maximum absolute atomic E-state index is 11.4. The van der Waals surface area contributed by atoms with Gasteiger partial charge in [0.1, 0.15) is 6.10 Å². The second kappa shape index (κ2) is 4.77. The topological polar surface area (TPSA) is 84.6 Å². The van der Waals surface area contributed by atoms with E-state index in [2.05, 4.69) is 0 Å². The van der Waals surface area contributed by atoms with E-state index in [-0.39, 0.29) is 5.91 Å². The minimum atomic E-state index is -1.44. The van der Waals surface area contributed by atoms with Gasteiger partial charge in [0, 0.05) is 19.2 Å². The van der Waals surface area contributed by atoms with Crippen molar-refractivity contribution >= 4 is 11.6 Å². The number of benzene rings is 1. The van der Waals surface area contributed by atoms with E-state index in [1.165, 1.54) is 6.92 Å². The molecule has 18 heavy (non-hydrogen) atoms. The molecule has 2 atom stereocenters. The Morgan fingerprint density at radius 3 is 2.83 bits per heavy atom. The third kappa shape index (κ3) is 2.08. The fourth-order valence-electron chi connectivity index (χ4n) is 2.19. The van der Waals surface area contributed by atoms with Gasteiger partial charge in [-0.3, -0.25) is 4.79 Å². The third-order valence-corrected chi connectivity index (χ3v) is 3.15. The highest BCUT2D eigenvalue weighted by Gasteiger charge is 2.24. The molecular formula is C13H14N2O3. The lowest BCUT2D eigenvalue weighted by Gasteiger charge is -2.16. The second-order valence-corrected chi connectivity index (χ2v) is 4.33. The second-order valence-electron chi connectivity index (χ2n) is 4.33. The van der Waals surface area contributed by atoms with Crippen molar-refractivity contribution in [2.24, 2.45) is 0 Å². The lowest BCUT2D eigenvalue weighted by Crippen LogP contribution is -2.25. The number of hydrogen-bond donors (Lipinski definition) is 2.